The van der Waals surface area contributed by atoms with Crippen LogP contribution in [0, 0.1) is 5.92 Å². The standard InChI is InChI=1S/C17H23F3N2O2/c1-12(9-16(23)24)11-21-5-7-22(8-6-21)15-4-3-14(10-13(15)2)17(18,19)20/h3-4,12H,2,5-11H2,1H3,(H,23,24). The maximum atomic E-state index is 12.7. The lowest BCUT2D eigenvalue weighted by atomic mass is 9.96. The van der Waals surface area contributed by atoms with Gasteiger partial charge in [-0.25, -0.2) is 0 Å². The Balaban J connectivity index is 1.90. The molecule has 1 fully saturated rings. The number of nitrogens with zero attached hydrogens (tertiary/aromatic N) is 2. The van der Waals surface area contributed by atoms with Gasteiger partial charge in [-0.1, -0.05) is 19.6 Å². The lowest BCUT2D eigenvalue weighted by molar-refractivity contribution is -0.138. The number of carboxylic acids is 1. The van der Waals surface area contributed by atoms with E-state index in [1.165, 1.54) is 6.08 Å². The summed E-state index contributed by atoms with van der Waals surface area (Å²) in [4.78, 5) is 15.0. The van der Waals surface area contributed by atoms with Gasteiger partial charge in [-0.3, -0.25) is 9.69 Å². The van der Waals surface area contributed by atoms with E-state index in [9.17, 15) is 18.0 Å². The molecule has 1 aliphatic carbocycles. The molecular weight excluding hydrogens is 321 g/mol. The van der Waals surface area contributed by atoms with Crippen molar-refractivity contribution in [3.63, 3.8) is 0 Å². The first-order chi connectivity index (χ1) is 11.2. The summed E-state index contributed by atoms with van der Waals surface area (Å²) in [6.07, 6.45) is -1.66. The molecule has 0 radical (unpaired) electrons. The van der Waals surface area contributed by atoms with E-state index in [0.717, 1.165) is 31.4 Å². The van der Waals surface area contributed by atoms with Crippen molar-refractivity contribution in [1.82, 2.24) is 9.80 Å². The molecule has 24 heavy (non-hydrogen) atoms. The summed E-state index contributed by atoms with van der Waals surface area (Å²) in [7, 11) is 0. The van der Waals surface area contributed by atoms with Crippen LogP contribution < -0.4 is 0 Å². The molecule has 2 aliphatic rings. The van der Waals surface area contributed by atoms with Crippen molar-refractivity contribution in [2.24, 2.45) is 5.92 Å². The Morgan fingerprint density at radius 3 is 2.42 bits per heavy atom. The monoisotopic (exact) mass is 344 g/mol. The fourth-order valence-corrected chi connectivity index (χ4v) is 3.18. The Hall–Kier alpha value is -1.76. The van der Waals surface area contributed by atoms with Gasteiger partial charge >= 0.3 is 12.1 Å². The number of alkyl halides is 3. The molecule has 0 aromatic rings. The highest BCUT2D eigenvalue weighted by atomic mass is 19.4. The fourth-order valence-electron chi connectivity index (χ4n) is 3.18. The average molecular weight is 344 g/mol. The first kappa shape index (κ1) is 18.6. The van der Waals surface area contributed by atoms with Crippen molar-refractivity contribution in [3.05, 3.63) is 35.6 Å². The Morgan fingerprint density at radius 1 is 1.29 bits per heavy atom. The van der Waals surface area contributed by atoms with Gasteiger partial charge < -0.3 is 10.0 Å². The molecule has 2 rings (SSSR count). The molecular formula is C17H23F3N2O2. The van der Waals surface area contributed by atoms with Crippen LogP contribution in [0.4, 0.5) is 13.2 Å². The van der Waals surface area contributed by atoms with Crippen molar-refractivity contribution in [2.75, 3.05) is 32.7 Å². The summed E-state index contributed by atoms with van der Waals surface area (Å²) < 4.78 is 38.2. The molecule has 0 aromatic carbocycles. The van der Waals surface area contributed by atoms with E-state index in [0.29, 0.717) is 18.7 Å². The molecule has 134 valence electrons. The van der Waals surface area contributed by atoms with Gasteiger partial charge in [0, 0.05) is 56.8 Å². The first-order valence-electron chi connectivity index (χ1n) is 8.02. The number of aliphatic carboxylic acids is 1. The number of allylic oxidation sites excluding steroid dienone is 4. The Bertz CT molecular complexity index is 559. The van der Waals surface area contributed by atoms with Crippen LogP contribution in [0.25, 0.3) is 0 Å². The third-order valence-corrected chi connectivity index (χ3v) is 4.38. The van der Waals surface area contributed by atoms with Crippen LogP contribution in [0.15, 0.2) is 35.6 Å². The number of hydrogen-bond donors (Lipinski definition) is 1. The lowest BCUT2D eigenvalue weighted by Crippen LogP contribution is -2.47. The minimum atomic E-state index is -4.30. The molecule has 7 heteroatoms. The van der Waals surface area contributed by atoms with Gasteiger partial charge in [0.2, 0.25) is 0 Å². The van der Waals surface area contributed by atoms with Gasteiger partial charge in [-0.15, -0.1) is 0 Å². The average Bonchev–Trinajstić information content (AvgIpc) is 2.46. The summed E-state index contributed by atoms with van der Waals surface area (Å²) in [5.74, 6) is -0.716. The van der Waals surface area contributed by atoms with Gasteiger partial charge in [-0.2, -0.15) is 13.2 Å². The molecule has 1 N–H and O–H groups in total. The highest BCUT2D eigenvalue weighted by Gasteiger charge is 2.35. The van der Waals surface area contributed by atoms with E-state index in [4.69, 9.17) is 5.11 Å². The number of halogens is 3. The largest absolute Gasteiger partial charge is 0.481 e. The van der Waals surface area contributed by atoms with E-state index < -0.39 is 17.7 Å². The molecule has 1 atom stereocenters. The van der Waals surface area contributed by atoms with Crippen LogP contribution in [0.2, 0.25) is 0 Å². The SMILES string of the molecule is C=C1CC(C(F)(F)F)=CC=C1N1CCN(CC(C)CC(=O)O)CC1. The predicted molar refractivity (Wildman–Crippen MR) is 85.4 cm³/mol. The number of hydrogen-bond acceptors (Lipinski definition) is 3. The normalized spacial score (nSPS) is 21.3. The van der Waals surface area contributed by atoms with E-state index in [1.807, 2.05) is 6.92 Å². The minimum Gasteiger partial charge on any atom is -0.481 e. The van der Waals surface area contributed by atoms with Gasteiger partial charge in [0.05, 0.1) is 0 Å². The molecule has 0 bridgehead atoms. The molecule has 0 saturated carbocycles. The van der Waals surface area contributed by atoms with E-state index in [1.54, 1.807) is 0 Å². The minimum absolute atomic E-state index is 0.0789. The van der Waals surface area contributed by atoms with E-state index >= 15 is 0 Å². The van der Waals surface area contributed by atoms with Crippen LogP contribution in [0.5, 0.6) is 0 Å². The molecule has 0 amide bonds. The van der Waals surface area contributed by atoms with Crippen LogP contribution in [-0.4, -0.2) is 59.8 Å². The molecule has 4 nitrogen and oxygen atoms in total. The summed E-state index contributed by atoms with van der Waals surface area (Å²) in [6, 6.07) is 0. The predicted octanol–water partition coefficient (Wildman–Crippen LogP) is 3.05. The Labute approximate surface area is 139 Å². The summed E-state index contributed by atoms with van der Waals surface area (Å²) >= 11 is 0. The third kappa shape index (κ3) is 4.87. The smallest absolute Gasteiger partial charge is 0.413 e. The second kappa shape index (κ2) is 7.42. The number of piperazine rings is 1. The fraction of sp³-hybridized carbons (Fsp3) is 0.588. The molecule has 0 aromatic heterocycles. The molecule has 1 saturated heterocycles. The van der Waals surface area contributed by atoms with Crippen LogP contribution in [0.3, 0.4) is 0 Å². The Kier molecular flexibility index (Phi) is 5.74. The summed E-state index contributed by atoms with van der Waals surface area (Å²) in [6.45, 7) is 9.39. The van der Waals surface area contributed by atoms with Crippen LogP contribution in [0.1, 0.15) is 19.8 Å². The van der Waals surface area contributed by atoms with Crippen LogP contribution >= 0.6 is 0 Å². The van der Waals surface area contributed by atoms with E-state index in [2.05, 4.69) is 16.4 Å². The summed E-state index contributed by atoms with van der Waals surface area (Å²) in [5.41, 5.74) is 0.719. The maximum absolute atomic E-state index is 12.7. The number of carboxylic acid groups (broad SMARTS) is 1. The van der Waals surface area contributed by atoms with Gasteiger partial charge in [0.1, 0.15) is 0 Å². The third-order valence-electron chi connectivity index (χ3n) is 4.38. The molecule has 1 heterocycles. The molecule has 1 unspecified atom stereocenters. The number of carbonyl (C=O) groups is 1. The van der Waals surface area contributed by atoms with Crippen molar-refractivity contribution < 1.29 is 23.1 Å². The highest BCUT2D eigenvalue weighted by Crippen LogP contribution is 2.36. The highest BCUT2D eigenvalue weighted by molar-refractivity contribution is 5.66. The second-order valence-electron chi connectivity index (χ2n) is 6.51. The zero-order valence-electron chi connectivity index (χ0n) is 13.8. The van der Waals surface area contributed by atoms with Crippen molar-refractivity contribution in [3.8, 4) is 0 Å². The van der Waals surface area contributed by atoms with Crippen molar-refractivity contribution >= 4 is 5.97 Å². The van der Waals surface area contributed by atoms with Crippen molar-refractivity contribution in [1.29, 1.82) is 0 Å². The summed E-state index contributed by atoms with van der Waals surface area (Å²) in [5, 5.41) is 8.80. The maximum Gasteiger partial charge on any atom is 0.413 e. The molecule has 0 spiro atoms. The van der Waals surface area contributed by atoms with Gasteiger partial charge in [0.25, 0.3) is 0 Å². The second-order valence-corrected chi connectivity index (χ2v) is 6.51. The number of rotatable bonds is 5. The van der Waals surface area contributed by atoms with Gasteiger partial charge in [-0.05, 0) is 17.6 Å². The molecule has 1 aliphatic heterocycles. The zero-order valence-corrected chi connectivity index (χ0v) is 13.8. The Morgan fingerprint density at radius 2 is 1.92 bits per heavy atom. The lowest BCUT2D eigenvalue weighted by Gasteiger charge is -2.39. The topological polar surface area (TPSA) is 43.8 Å². The van der Waals surface area contributed by atoms with E-state index in [-0.39, 0.29) is 18.8 Å². The zero-order chi connectivity index (χ0) is 17.9. The van der Waals surface area contributed by atoms with Gasteiger partial charge in [0.15, 0.2) is 0 Å². The quantitative estimate of drug-likeness (QED) is 0.833. The van der Waals surface area contributed by atoms with Crippen molar-refractivity contribution in [2.45, 2.75) is 25.9 Å². The first-order valence-corrected chi connectivity index (χ1v) is 8.02. The van der Waals surface area contributed by atoms with Crippen LogP contribution in [-0.2, 0) is 4.79 Å².